The SMILES string of the molecule is C.C.COc1ccccc1-n1ccc2cc(N3CCOc4ncnc(Cl)c4C3=O)cc(NC(=O)C3CC3)c21.COc1ccccc1-n1ccc2cc(N3CCOc4ncnc(N)c4C3=O)cc(NC(=O)C3CC3)c21. The Balaban J connectivity index is 0.000000177. The summed E-state index contributed by atoms with van der Waals surface area (Å²) < 4.78 is 26.5. The number of aromatic nitrogens is 6. The van der Waals surface area contributed by atoms with Gasteiger partial charge >= 0.3 is 0 Å². The predicted octanol–water partition coefficient (Wildman–Crippen LogP) is 9.14. The molecular weight excluding hydrogens is 966 g/mol. The first kappa shape index (κ1) is 50.2. The summed E-state index contributed by atoms with van der Waals surface area (Å²) in [6.45, 7) is 1.03. The van der Waals surface area contributed by atoms with Crippen LogP contribution in [0.15, 0.2) is 110 Å². The van der Waals surface area contributed by atoms with E-state index in [1.165, 1.54) is 12.7 Å². The minimum absolute atomic E-state index is 0. The molecule has 4 aromatic carbocycles. The smallest absolute Gasteiger partial charge is 0.267 e. The lowest BCUT2D eigenvalue weighted by Crippen LogP contribution is -2.33. The number of nitrogens with two attached hydrogens (primary N) is 1. The number of halogens is 1. The second-order valence-corrected chi connectivity index (χ2v) is 17.9. The summed E-state index contributed by atoms with van der Waals surface area (Å²) >= 11 is 6.25. The number of nitrogens with zero attached hydrogens (tertiary/aromatic N) is 8. The molecule has 4 aromatic heterocycles. The number of hydrogen-bond donors (Lipinski definition) is 3. The normalized spacial score (nSPS) is 14.9. The molecule has 20 heteroatoms. The zero-order valence-corrected chi connectivity index (χ0v) is 39.8. The molecule has 0 bridgehead atoms. The van der Waals surface area contributed by atoms with Crippen LogP contribution in [0.1, 0.15) is 61.3 Å². The van der Waals surface area contributed by atoms with Crippen LogP contribution in [0.4, 0.5) is 28.6 Å². The Morgan fingerprint density at radius 2 is 1.08 bits per heavy atom. The maximum Gasteiger partial charge on any atom is 0.267 e. The Morgan fingerprint density at radius 3 is 1.55 bits per heavy atom. The molecule has 0 spiro atoms. The number of benzene rings is 4. The number of rotatable bonds is 10. The fourth-order valence-corrected chi connectivity index (χ4v) is 9.22. The molecule has 4 N–H and O–H groups in total. The Morgan fingerprint density at radius 1 is 0.635 bits per heavy atom. The molecule has 0 saturated heterocycles. The van der Waals surface area contributed by atoms with Gasteiger partial charge in [0.25, 0.3) is 11.8 Å². The van der Waals surface area contributed by atoms with Crippen LogP contribution in [0.25, 0.3) is 33.2 Å². The minimum Gasteiger partial charge on any atom is -0.495 e. The molecule has 12 rings (SSSR count). The van der Waals surface area contributed by atoms with Gasteiger partial charge in [-0.05, 0) is 86.3 Å². The molecule has 2 saturated carbocycles. The van der Waals surface area contributed by atoms with Gasteiger partial charge in [0.05, 0.1) is 61.1 Å². The van der Waals surface area contributed by atoms with Crippen molar-refractivity contribution in [3.05, 3.63) is 126 Å². The third-order valence-electron chi connectivity index (χ3n) is 12.9. The van der Waals surface area contributed by atoms with Crippen LogP contribution in [0.5, 0.6) is 23.3 Å². The van der Waals surface area contributed by atoms with E-state index < -0.39 is 0 Å². The highest BCUT2D eigenvalue weighted by molar-refractivity contribution is 6.34. The maximum absolute atomic E-state index is 13.5. The number of para-hydroxylation sites is 4. The lowest BCUT2D eigenvalue weighted by molar-refractivity contribution is -0.118. The topological polar surface area (TPSA) is 223 Å². The second kappa shape index (κ2) is 20.8. The Labute approximate surface area is 431 Å². The monoisotopic (exact) mass is 1020 g/mol. The van der Waals surface area contributed by atoms with Crippen molar-refractivity contribution >= 4 is 85.6 Å². The van der Waals surface area contributed by atoms with E-state index in [-0.39, 0.29) is 110 Å². The summed E-state index contributed by atoms with van der Waals surface area (Å²) in [5.74, 6) is 1.01. The molecule has 2 aliphatic heterocycles. The number of amides is 4. The first-order valence-corrected chi connectivity index (χ1v) is 23.7. The summed E-state index contributed by atoms with van der Waals surface area (Å²) in [7, 11) is 3.25. The number of hydrogen-bond acceptors (Lipinski definition) is 13. The molecule has 6 heterocycles. The number of ether oxygens (including phenoxy) is 4. The molecule has 0 atom stereocenters. The van der Waals surface area contributed by atoms with Gasteiger partial charge in [-0.3, -0.25) is 19.2 Å². The van der Waals surface area contributed by atoms with Gasteiger partial charge in [0.1, 0.15) is 59.5 Å². The van der Waals surface area contributed by atoms with E-state index in [1.54, 1.807) is 24.0 Å². The van der Waals surface area contributed by atoms with Crippen molar-refractivity contribution in [2.24, 2.45) is 11.8 Å². The van der Waals surface area contributed by atoms with Gasteiger partial charge in [0.15, 0.2) is 0 Å². The lowest BCUT2D eigenvalue weighted by atomic mass is 10.1. The third-order valence-corrected chi connectivity index (χ3v) is 13.2. The van der Waals surface area contributed by atoms with Crippen molar-refractivity contribution in [1.29, 1.82) is 0 Å². The molecule has 4 amide bonds. The van der Waals surface area contributed by atoms with E-state index in [0.29, 0.717) is 34.2 Å². The van der Waals surface area contributed by atoms with Gasteiger partial charge < -0.3 is 54.2 Å². The fourth-order valence-electron chi connectivity index (χ4n) is 9.02. The van der Waals surface area contributed by atoms with Crippen LogP contribution in [-0.2, 0) is 9.59 Å². The van der Waals surface area contributed by atoms with Crippen LogP contribution in [0.3, 0.4) is 0 Å². The van der Waals surface area contributed by atoms with Gasteiger partial charge in [-0.25, -0.2) is 19.9 Å². The number of carbonyl (C=O) groups is 4. The minimum atomic E-state index is -0.365. The van der Waals surface area contributed by atoms with Gasteiger partial charge in [-0.15, -0.1) is 0 Å². The largest absolute Gasteiger partial charge is 0.495 e. The van der Waals surface area contributed by atoms with Crippen LogP contribution in [0, 0.1) is 11.8 Å². The number of nitrogens with one attached hydrogen (secondary N) is 2. The van der Waals surface area contributed by atoms with E-state index in [1.807, 2.05) is 106 Å². The summed E-state index contributed by atoms with van der Waals surface area (Å²) in [6, 6.07) is 26.7. The number of carbonyl (C=O) groups excluding carboxylic acids is 4. The highest BCUT2D eigenvalue weighted by Crippen LogP contribution is 2.41. The summed E-state index contributed by atoms with van der Waals surface area (Å²) in [5.41, 5.74) is 12.0. The van der Waals surface area contributed by atoms with Crippen molar-refractivity contribution in [3.8, 4) is 34.6 Å². The third kappa shape index (κ3) is 9.44. The summed E-state index contributed by atoms with van der Waals surface area (Å²) in [5, 5.41) is 7.93. The van der Waals surface area contributed by atoms with Crippen molar-refractivity contribution in [2.45, 2.75) is 40.5 Å². The predicted molar refractivity (Wildman–Crippen MR) is 284 cm³/mol. The highest BCUT2D eigenvalue weighted by atomic mass is 35.5. The number of fused-ring (bicyclic) bond motifs is 4. The van der Waals surface area contributed by atoms with Crippen LogP contribution < -0.4 is 45.1 Å². The summed E-state index contributed by atoms with van der Waals surface area (Å²) in [4.78, 5) is 72.0. The molecule has 4 aliphatic rings. The van der Waals surface area contributed by atoms with Gasteiger partial charge in [0.2, 0.25) is 23.6 Å². The molecule has 2 fully saturated rings. The molecule has 19 nitrogen and oxygen atoms in total. The second-order valence-electron chi connectivity index (χ2n) is 17.5. The highest BCUT2D eigenvalue weighted by Gasteiger charge is 2.34. The van der Waals surface area contributed by atoms with E-state index in [0.717, 1.165) is 58.9 Å². The maximum atomic E-state index is 13.5. The van der Waals surface area contributed by atoms with E-state index >= 15 is 0 Å². The first-order chi connectivity index (χ1) is 35.1. The van der Waals surface area contributed by atoms with Gasteiger partial charge in [-0.2, -0.15) is 0 Å². The molecule has 8 aromatic rings. The lowest BCUT2D eigenvalue weighted by Gasteiger charge is -2.22. The quantitative estimate of drug-likeness (QED) is 0.109. The number of nitrogen functional groups attached to an aromatic ring is 1. The van der Waals surface area contributed by atoms with Crippen molar-refractivity contribution in [2.75, 3.05) is 66.7 Å². The number of anilines is 5. The molecule has 0 unspecified atom stereocenters. The molecule has 2 aliphatic carbocycles. The molecule has 380 valence electrons. The van der Waals surface area contributed by atoms with Crippen LogP contribution in [0.2, 0.25) is 5.15 Å². The Hall–Kier alpha value is -8.71. The Bertz CT molecular complexity index is 3250. The van der Waals surface area contributed by atoms with Crippen molar-refractivity contribution in [1.82, 2.24) is 29.1 Å². The van der Waals surface area contributed by atoms with Crippen LogP contribution >= 0.6 is 11.6 Å². The average molecular weight is 1020 g/mol. The van der Waals surface area contributed by atoms with Gasteiger partial charge in [0, 0.05) is 46.4 Å². The Kier molecular flexibility index (Phi) is 14.1. The standard InChI is InChI=1S/C26H22ClN5O4.C26H24N6O4.2CH4/c2*1-35-20-5-3-2-4-19(20)32-9-8-16-12-17(13-18(22(16)32)30-24(33)15-6-7-15)31-10-11-36-25-21(26(31)34)23(27)28-14-29-25;;/h2-5,8-9,12-15H,6-7,10-11H2,1H3,(H,30,33);2-5,8-9,12-15H,6-7,10-11H2,1H3,(H,30,33)(H2,27,28,29);2*1H4. The molecule has 0 radical (unpaired) electrons. The molecule has 74 heavy (non-hydrogen) atoms. The molecular formula is C54H54ClN11O8. The van der Waals surface area contributed by atoms with Crippen LogP contribution in [-0.4, -0.2) is 93.2 Å². The van der Waals surface area contributed by atoms with Crippen molar-refractivity contribution < 1.29 is 38.1 Å². The van der Waals surface area contributed by atoms with Crippen molar-refractivity contribution in [3.63, 3.8) is 0 Å². The average Bonchev–Trinajstić information content (AvgIpc) is 4.34. The zero-order chi connectivity index (χ0) is 49.6. The fraction of sp³-hybridized carbons (Fsp3) is 0.259. The first-order valence-electron chi connectivity index (χ1n) is 23.3. The van der Waals surface area contributed by atoms with E-state index in [9.17, 15) is 19.2 Å². The van der Waals surface area contributed by atoms with Gasteiger partial charge in [-0.1, -0.05) is 50.7 Å². The number of methoxy groups -OCH3 is 2. The zero-order valence-electron chi connectivity index (χ0n) is 39.0. The summed E-state index contributed by atoms with van der Waals surface area (Å²) in [6.07, 6.45) is 9.89. The van der Waals surface area contributed by atoms with E-state index in [4.69, 9.17) is 36.3 Å². The van der Waals surface area contributed by atoms with E-state index in [2.05, 4.69) is 30.6 Å².